The summed E-state index contributed by atoms with van der Waals surface area (Å²) in [4.78, 5) is 26.3. The van der Waals surface area contributed by atoms with Crippen molar-refractivity contribution in [3.8, 4) is 0 Å². The van der Waals surface area contributed by atoms with Crippen LogP contribution in [0.15, 0.2) is 47.0 Å². The van der Waals surface area contributed by atoms with Gasteiger partial charge in [0.2, 0.25) is 0 Å². The predicted octanol–water partition coefficient (Wildman–Crippen LogP) is 1.79. The van der Waals surface area contributed by atoms with Crippen LogP contribution in [0.3, 0.4) is 0 Å². The molecule has 9 heteroatoms. The van der Waals surface area contributed by atoms with Crippen molar-refractivity contribution in [3.63, 3.8) is 0 Å². The lowest BCUT2D eigenvalue weighted by Crippen LogP contribution is -2.48. The van der Waals surface area contributed by atoms with Gasteiger partial charge in [-0.05, 0) is 24.3 Å². The Morgan fingerprint density at radius 2 is 2.00 bits per heavy atom. The van der Waals surface area contributed by atoms with Crippen LogP contribution in [0.25, 0.3) is 5.52 Å². The first-order chi connectivity index (χ1) is 12.6. The van der Waals surface area contributed by atoms with Crippen LogP contribution in [0.4, 0.5) is 5.88 Å². The van der Waals surface area contributed by atoms with E-state index in [1.165, 1.54) is 12.1 Å². The first-order valence-corrected chi connectivity index (χ1v) is 8.29. The molecule has 3 aromatic rings. The molecule has 1 saturated heterocycles. The van der Waals surface area contributed by atoms with Crippen molar-refractivity contribution in [2.45, 2.75) is 6.54 Å². The summed E-state index contributed by atoms with van der Waals surface area (Å²) in [5, 5.41) is 15.2. The highest BCUT2D eigenvalue weighted by Gasteiger charge is 2.26. The smallest absolute Gasteiger partial charge is 0.395 e. The standard InChI is InChI=1S/C17H17N5O4/c23-17(15-4-5-16(26-15)22(24)25)20-9-7-19(8-10-20)12-13-11-14-3-1-2-6-21(14)18-13/h1-6,11H,7-10,12H2. The van der Waals surface area contributed by atoms with Crippen LogP contribution in [0, 0.1) is 10.1 Å². The van der Waals surface area contributed by atoms with E-state index in [-0.39, 0.29) is 11.7 Å². The molecular formula is C17H17N5O4. The van der Waals surface area contributed by atoms with Gasteiger partial charge in [0.05, 0.1) is 17.3 Å². The minimum absolute atomic E-state index is 0.00509. The van der Waals surface area contributed by atoms with Gasteiger partial charge < -0.3 is 9.32 Å². The molecule has 0 atom stereocenters. The van der Waals surface area contributed by atoms with E-state index in [0.29, 0.717) is 26.2 Å². The van der Waals surface area contributed by atoms with Crippen LogP contribution in [-0.2, 0) is 6.54 Å². The Kier molecular flexibility index (Phi) is 4.13. The molecule has 1 fully saturated rings. The van der Waals surface area contributed by atoms with Crippen LogP contribution in [-0.4, -0.2) is 56.4 Å². The van der Waals surface area contributed by atoms with E-state index in [2.05, 4.69) is 16.1 Å². The fourth-order valence-electron chi connectivity index (χ4n) is 3.10. The number of nitrogens with zero attached hydrogens (tertiary/aromatic N) is 5. The van der Waals surface area contributed by atoms with Gasteiger partial charge in [-0.25, -0.2) is 4.52 Å². The number of amides is 1. The third-order valence-corrected chi connectivity index (χ3v) is 4.45. The third-order valence-electron chi connectivity index (χ3n) is 4.45. The minimum Gasteiger partial charge on any atom is -0.395 e. The molecule has 4 rings (SSSR count). The number of pyridine rings is 1. The second-order valence-electron chi connectivity index (χ2n) is 6.17. The third kappa shape index (κ3) is 3.16. The fourth-order valence-corrected chi connectivity index (χ4v) is 3.10. The second-order valence-corrected chi connectivity index (χ2v) is 6.17. The predicted molar refractivity (Wildman–Crippen MR) is 91.7 cm³/mol. The Morgan fingerprint density at radius 3 is 2.69 bits per heavy atom. The zero-order chi connectivity index (χ0) is 18.1. The average Bonchev–Trinajstić information content (AvgIpc) is 3.28. The maximum atomic E-state index is 12.4. The van der Waals surface area contributed by atoms with E-state index in [1.807, 2.05) is 28.9 Å². The van der Waals surface area contributed by atoms with E-state index in [4.69, 9.17) is 4.42 Å². The Bertz CT molecular complexity index is 922. The number of aromatic nitrogens is 2. The van der Waals surface area contributed by atoms with Crippen LogP contribution in [0.5, 0.6) is 0 Å². The molecule has 0 spiro atoms. The highest BCUT2D eigenvalue weighted by molar-refractivity contribution is 5.91. The number of piperazine rings is 1. The van der Waals surface area contributed by atoms with Gasteiger partial charge in [-0.3, -0.25) is 19.8 Å². The molecule has 9 nitrogen and oxygen atoms in total. The average molecular weight is 355 g/mol. The molecule has 26 heavy (non-hydrogen) atoms. The summed E-state index contributed by atoms with van der Waals surface area (Å²) in [5.74, 6) is -0.727. The van der Waals surface area contributed by atoms with Crippen LogP contribution >= 0.6 is 0 Å². The fraction of sp³-hybridized carbons (Fsp3) is 0.294. The summed E-state index contributed by atoms with van der Waals surface area (Å²) in [6.07, 6.45) is 1.91. The molecule has 1 amide bonds. The largest absolute Gasteiger partial charge is 0.433 e. The quantitative estimate of drug-likeness (QED) is 0.523. The monoisotopic (exact) mass is 355 g/mol. The molecule has 134 valence electrons. The molecule has 0 bridgehead atoms. The minimum atomic E-state index is -0.649. The van der Waals surface area contributed by atoms with Crippen molar-refractivity contribution in [1.82, 2.24) is 19.4 Å². The van der Waals surface area contributed by atoms with Crippen molar-refractivity contribution in [1.29, 1.82) is 0 Å². The lowest BCUT2D eigenvalue weighted by molar-refractivity contribution is -0.402. The number of rotatable bonds is 4. The van der Waals surface area contributed by atoms with Crippen LogP contribution in [0.2, 0.25) is 0 Å². The summed E-state index contributed by atoms with van der Waals surface area (Å²) in [7, 11) is 0. The van der Waals surface area contributed by atoms with Crippen molar-refractivity contribution < 1.29 is 14.1 Å². The molecule has 1 aliphatic heterocycles. The molecule has 1 aliphatic rings. The Hall–Kier alpha value is -3.20. The molecule has 3 aromatic heterocycles. The maximum absolute atomic E-state index is 12.4. The molecule has 0 saturated carbocycles. The molecule has 0 N–H and O–H groups in total. The lowest BCUT2D eigenvalue weighted by Gasteiger charge is -2.33. The number of fused-ring (bicyclic) bond motifs is 1. The van der Waals surface area contributed by atoms with Gasteiger partial charge in [-0.15, -0.1) is 0 Å². The molecule has 0 aromatic carbocycles. The summed E-state index contributed by atoms with van der Waals surface area (Å²) in [5.41, 5.74) is 2.04. The van der Waals surface area contributed by atoms with Gasteiger partial charge in [0.1, 0.15) is 4.92 Å². The van der Waals surface area contributed by atoms with Crippen molar-refractivity contribution in [3.05, 3.63) is 64.2 Å². The van der Waals surface area contributed by atoms with Gasteiger partial charge >= 0.3 is 5.88 Å². The van der Waals surface area contributed by atoms with Crippen molar-refractivity contribution in [2.24, 2.45) is 0 Å². The Balaban J connectivity index is 1.35. The van der Waals surface area contributed by atoms with E-state index in [1.54, 1.807) is 4.90 Å². The maximum Gasteiger partial charge on any atom is 0.433 e. The first kappa shape index (κ1) is 16.3. The number of furan rings is 1. The van der Waals surface area contributed by atoms with Gasteiger partial charge in [-0.2, -0.15) is 5.10 Å². The number of nitro groups is 1. The number of carbonyl (C=O) groups is 1. The summed E-state index contributed by atoms with van der Waals surface area (Å²) >= 11 is 0. The van der Waals surface area contributed by atoms with Gasteiger partial charge in [0, 0.05) is 38.9 Å². The van der Waals surface area contributed by atoms with E-state index < -0.39 is 10.8 Å². The molecule has 4 heterocycles. The zero-order valence-corrected chi connectivity index (χ0v) is 13.9. The molecule has 0 radical (unpaired) electrons. The Labute approximate surface area is 148 Å². The zero-order valence-electron chi connectivity index (χ0n) is 13.9. The summed E-state index contributed by atoms with van der Waals surface area (Å²) in [6.45, 7) is 3.22. The highest BCUT2D eigenvalue weighted by Crippen LogP contribution is 2.18. The van der Waals surface area contributed by atoms with Crippen LogP contribution in [0.1, 0.15) is 16.2 Å². The van der Waals surface area contributed by atoms with Gasteiger partial charge in [0.15, 0.2) is 5.76 Å². The summed E-state index contributed by atoms with van der Waals surface area (Å²) in [6, 6.07) is 10.5. The SMILES string of the molecule is O=C(c1ccc([N+](=O)[O-])o1)N1CCN(Cc2cc3ccccn3n2)CC1. The second kappa shape index (κ2) is 6.60. The molecule has 0 aliphatic carbocycles. The van der Waals surface area contributed by atoms with Crippen LogP contribution < -0.4 is 0 Å². The van der Waals surface area contributed by atoms with Gasteiger partial charge in [-0.1, -0.05) is 6.07 Å². The Morgan fingerprint density at radius 1 is 1.19 bits per heavy atom. The number of carbonyl (C=O) groups excluding carboxylic acids is 1. The highest BCUT2D eigenvalue weighted by atomic mass is 16.6. The normalized spacial score (nSPS) is 15.5. The van der Waals surface area contributed by atoms with E-state index in [0.717, 1.165) is 17.8 Å². The van der Waals surface area contributed by atoms with Crippen molar-refractivity contribution >= 4 is 17.3 Å². The topological polar surface area (TPSA) is 97.1 Å². The van der Waals surface area contributed by atoms with E-state index >= 15 is 0 Å². The summed E-state index contributed by atoms with van der Waals surface area (Å²) < 4.78 is 6.85. The molecule has 0 unspecified atom stereocenters. The lowest BCUT2D eigenvalue weighted by atomic mass is 10.2. The number of hydrogen-bond acceptors (Lipinski definition) is 6. The van der Waals surface area contributed by atoms with E-state index in [9.17, 15) is 14.9 Å². The molecular weight excluding hydrogens is 338 g/mol. The first-order valence-electron chi connectivity index (χ1n) is 8.29. The van der Waals surface area contributed by atoms with Crippen molar-refractivity contribution in [2.75, 3.05) is 26.2 Å². The number of hydrogen-bond donors (Lipinski definition) is 0. The van der Waals surface area contributed by atoms with Gasteiger partial charge in [0.25, 0.3) is 5.91 Å².